The molecule has 0 bridgehead atoms. The summed E-state index contributed by atoms with van der Waals surface area (Å²) in [6.45, 7) is 7.00. The van der Waals surface area contributed by atoms with Crippen LogP contribution in [0, 0.1) is 13.8 Å². The highest BCUT2D eigenvalue weighted by atomic mass is 79.9. The molecule has 112 valence electrons. The molecule has 3 heteroatoms. The Hall–Kier alpha value is -1.32. The van der Waals surface area contributed by atoms with Crippen LogP contribution in [0.5, 0.6) is 5.75 Å². The molecule has 2 nitrogen and oxygen atoms in total. The van der Waals surface area contributed by atoms with Crippen molar-refractivity contribution in [1.29, 1.82) is 0 Å². The van der Waals surface area contributed by atoms with Crippen molar-refractivity contribution in [2.45, 2.75) is 26.8 Å². The second-order valence-electron chi connectivity index (χ2n) is 5.13. The first-order valence-corrected chi connectivity index (χ1v) is 8.03. The van der Waals surface area contributed by atoms with E-state index in [1.165, 1.54) is 16.7 Å². The van der Waals surface area contributed by atoms with E-state index >= 15 is 0 Å². The van der Waals surface area contributed by atoms with Crippen molar-refractivity contribution in [2.24, 2.45) is 0 Å². The molecule has 0 aromatic heterocycles. The Morgan fingerprint density at radius 1 is 1.14 bits per heavy atom. The van der Waals surface area contributed by atoms with Gasteiger partial charge in [0, 0.05) is 10.0 Å². The average Bonchev–Trinajstić information content (AvgIpc) is 2.47. The van der Waals surface area contributed by atoms with Crippen LogP contribution in [0.2, 0.25) is 0 Å². The topological polar surface area (TPSA) is 21.3 Å². The third kappa shape index (κ3) is 3.47. The fraction of sp³-hybridized carbons (Fsp3) is 0.333. The zero-order valence-electron chi connectivity index (χ0n) is 13.0. The lowest BCUT2D eigenvalue weighted by Gasteiger charge is -2.23. The van der Waals surface area contributed by atoms with Gasteiger partial charge < -0.3 is 10.1 Å². The zero-order valence-corrected chi connectivity index (χ0v) is 14.6. The summed E-state index contributed by atoms with van der Waals surface area (Å²) in [5, 5.41) is 3.43. The molecule has 0 fully saturated rings. The molecule has 0 amide bonds. The molecule has 0 heterocycles. The lowest BCUT2D eigenvalue weighted by atomic mass is 9.92. The molecule has 0 radical (unpaired) electrons. The molecule has 1 atom stereocenters. The van der Waals surface area contributed by atoms with Crippen LogP contribution < -0.4 is 10.1 Å². The van der Waals surface area contributed by atoms with Crippen LogP contribution in [-0.4, -0.2) is 13.7 Å². The number of hydrogen-bond acceptors (Lipinski definition) is 2. The van der Waals surface area contributed by atoms with Crippen molar-refractivity contribution in [3.63, 3.8) is 0 Å². The van der Waals surface area contributed by atoms with E-state index in [0.29, 0.717) is 6.61 Å². The Labute approximate surface area is 135 Å². The largest absolute Gasteiger partial charge is 0.494 e. The summed E-state index contributed by atoms with van der Waals surface area (Å²) in [6.07, 6.45) is 0. The number of aryl methyl sites for hydroxylation is 1. The van der Waals surface area contributed by atoms with Gasteiger partial charge in [0.2, 0.25) is 0 Å². The van der Waals surface area contributed by atoms with E-state index in [-0.39, 0.29) is 6.04 Å². The maximum atomic E-state index is 5.81. The van der Waals surface area contributed by atoms with Crippen LogP contribution >= 0.6 is 15.9 Å². The Morgan fingerprint density at radius 3 is 2.57 bits per heavy atom. The van der Waals surface area contributed by atoms with Gasteiger partial charge in [-0.15, -0.1) is 0 Å². The molecular formula is C18H22BrNO. The Bertz CT molecular complexity index is 625. The van der Waals surface area contributed by atoms with Gasteiger partial charge in [0.15, 0.2) is 0 Å². The molecule has 1 unspecified atom stereocenters. The van der Waals surface area contributed by atoms with Crippen molar-refractivity contribution >= 4 is 15.9 Å². The van der Waals surface area contributed by atoms with E-state index in [2.05, 4.69) is 59.4 Å². The minimum Gasteiger partial charge on any atom is -0.494 e. The summed E-state index contributed by atoms with van der Waals surface area (Å²) in [5.41, 5.74) is 5.07. The monoisotopic (exact) mass is 347 g/mol. The Morgan fingerprint density at radius 2 is 1.90 bits per heavy atom. The standard InChI is InChI=1S/C18H22BrNO/c1-5-21-17-10-9-14(19)11-16(17)18(20-4)15-8-6-7-12(2)13(15)3/h6-11,18,20H,5H2,1-4H3. The molecule has 0 spiro atoms. The molecule has 1 N–H and O–H groups in total. The van der Waals surface area contributed by atoms with Crippen LogP contribution in [0.4, 0.5) is 0 Å². The summed E-state index contributed by atoms with van der Waals surface area (Å²) in [7, 11) is 1.99. The molecule has 0 aliphatic carbocycles. The predicted octanol–water partition coefficient (Wildman–Crippen LogP) is 4.77. The van der Waals surface area contributed by atoms with Crippen molar-refractivity contribution < 1.29 is 4.74 Å². The first kappa shape index (κ1) is 16.1. The quantitative estimate of drug-likeness (QED) is 0.840. The van der Waals surface area contributed by atoms with Gasteiger partial charge in [0.25, 0.3) is 0 Å². The molecular weight excluding hydrogens is 326 g/mol. The lowest BCUT2D eigenvalue weighted by Crippen LogP contribution is -2.20. The minimum absolute atomic E-state index is 0.115. The van der Waals surface area contributed by atoms with Crippen LogP contribution in [0.25, 0.3) is 0 Å². The molecule has 0 saturated carbocycles. The van der Waals surface area contributed by atoms with Gasteiger partial charge in [0.1, 0.15) is 5.75 Å². The first-order valence-electron chi connectivity index (χ1n) is 7.24. The Kier molecular flexibility index (Phi) is 5.43. The highest BCUT2D eigenvalue weighted by molar-refractivity contribution is 9.10. The van der Waals surface area contributed by atoms with Gasteiger partial charge in [-0.2, -0.15) is 0 Å². The fourth-order valence-electron chi connectivity index (χ4n) is 2.60. The van der Waals surface area contributed by atoms with Crippen molar-refractivity contribution in [2.75, 3.05) is 13.7 Å². The van der Waals surface area contributed by atoms with E-state index in [9.17, 15) is 0 Å². The van der Waals surface area contributed by atoms with Crippen molar-refractivity contribution in [3.8, 4) is 5.75 Å². The van der Waals surface area contributed by atoms with Gasteiger partial charge in [-0.3, -0.25) is 0 Å². The van der Waals surface area contributed by atoms with Crippen molar-refractivity contribution in [1.82, 2.24) is 5.32 Å². The van der Waals surface area contributed by atoms with Crippen LogP contribution in [0.3, 0.4) is 0 Å². The van der Waals surface area contributed by atoms with Gasteiger partial charge in [-0.05, 0) is 62.7 Å². The molecule has 21 heavy (non-hydrogen) atoms. The minimum atomic E-state index is 0.115. The third-order valence-corrected chi connectivity index (χ3v) is 4.32. The van der Waals surface area contributed by atoms with Gasteiger partial charge in [-0.1, -0.05) is 34.1 Å². The molecule has 0 aliphatic heterocycles. The number of halogens is 1. The van der Waals surface area contributed by atoms with Crippen LogP contribution in [0.1, 0.15) is 35.2 Å². The van der Waals surface area contributed by atoms with Crippen molar-refractivity contribution in [3.05, 3.63) is 63.1 Å². The molecule has 0 aliphatic rings. The summed E-state index contributed by atoms with van der Waals surface area (Å²) >= 11 is 3.57. The summed E-state index contributed by atoms with van der Waals surface area (Å²) < 4.78 is 6.87. The van der Waals surface area contributed by atoms with E-state index in [4.69, 9.17) is 4.74 Å². The number of ether oxygens (including phenoxy) is 1. The second kappa shape index (κ2) is 7.10. The van der Waals surface area contributed by atoms with E-state index in [1.807, 2.05) is 26.1 Å². The third-order valence-electron chi connectivity index (χ3n) is 3.83. The number of benzene rings is 2. The molecule has 0 saturated heterocycles. The maximum absolute atomic E-state index is 5.81. The smallest absolute Gasteiger partial charge is 0.124 e. The van der Waals surface area contributed by atoms with Crippen LogP contribution in [-0.2, 0) is 0 Å². The van der Waals surface area contributed by atoms with Gasteiger partial charge in [0.05, 0.1) is 12.6 Å². The first-order chi connectivity index (χ1) is 10.1. The molecule has 2 rings (SSSR count). The summed E-state index contributed by atoms with van der Waals surface area (Å²) in [6, 6.07) is 12.7. The lowest BCUT2D eigenvalue weighted by molar-refractivity contribution is 0.334. The summed E-state index contributed by atoms with van der Waals surface area (Å²) in [4.78, 5) is 0. The van der Waals surface area contributed by atoms with E-state index < -0.39 is 0 Å². The SMILES string of the molecule is CCOc1ccc(Br)cc1C(NC)c1cccc(C)c1C. The second-order valence-corrected chi connectivity index (χ2v) is 6.04. The highest BCUT2D eigenvalue weighted by Gasteiger charge is 2.19. The molecule has 2 aromatic carbocycles. The number of rotatable bonds is 5. The number of nitrogens with one attached hydrogen (secondary N) is 1. The van der Waals surface area contributed by atoms with Crippen LogP contribution in [0.15, 0.2) is 40.9 Å². The van der Waals surface area contributed by atoms with Gasteiger partial charge >= 0.3 is 0 Å². The van der Waals surface area contributed by atoms with E-state index in [1.54, 1.807) is 0 Å². The molecule has 2 aromatic rings. The Balaban J connectivity index is 2.55. The fourth-order valence-corrected chi connectivity index (χ4v) is 2.98. The predicted molar refractivity (Wildman–Crippen MR) is 92.1 cm³/mol. The average molecular weight is 348 g/mol. The normalized spacial score (nSPS) is 12.2. The summed E-state index contributed by atoms with van der Waals surface area (Å²) in [5.74, 6) is 0.931. The van der Waals surface area contributed by atoms with Gasteiger partial charge in [-0.25, -0.2) is 0 Å². The maximum Gasteiger partial charge on any atom is 0.124 e. The highest BCUT2D eigenvalue weighted by Crippen LogP contribution is 2.34. The van der Waals surface area contributed by atoms with E-state index in [0.717, 1.165) is 15.8 Å². The number of hydrogen-bond donors (Lipinski definition) is 1. The zero-order chi connectivity index (χ0) is 15.4.